The van der Waals surface area contributed by atoms with Crippen LogP contribution in [0.2, 0.25) is 0 Å². The second-order valence-corrected chi connectivity index (χ2v) is 0. The molecule has 0 aliphatic heterocycles. The second kappa shape index (κ2) is 63.6. The van der Waals surface area contributed by atoms with Crippen LogP contribution < -0.4 is 0 Å². The molecule has 0 aliphatic carbocycles. The summed E-state index contributed by atoms with van der Waals surface area (Å²) in [6.07, 6.45) is 0. The van der Waals surface area contributed by atoms with Crippen LogP contribution in [0.1, 0.15) is 0 Å². The first-order valence-corrected chi connectivity index (χ1v) is 0. The van der Waals surface area contributed by atoms with E-state index >= 15 is 0 Å². The molecule has 0 saturated heterocycles. The maximum Gasteiger partial charge on any atom is 3.00 e. The molecule has 0 amide bonds. The van der Waals surface area contributed by atoms with Crippen molar-refractivity contribution in [3.63, 3.8) is 0 Å². The van der Waals surface area contributed by atoms with Gasteiger partial charge in [-0.25, -0.2) is 0 Å². The van der Waals surface area contributed by atoms with Gasteiger partial charge in [0, 0.05) is 42.1 Å². The van der Waals surface area contributed by atoms with Crippen molar-refractivity contribution in [1.29, 1.82) is 0 Å². The van der Waals surface area contributed by atoms with Gasteiger partial charge in [-0.05, 0) is 0 Å². The Morgan fingerprint density at radius 2 is 0.429 bits per heavy atom. The third kappa shape index (κ3) is 48.7. The van der Waals surface area contributed by atoms with Crippen LogP contribution in [-0.4, -0.2) is 52.4 Å². The van der Waals surface area contributed by atoms with Crippen LogP contribution in [0.5, 0.6) is 0 Å². The molecule has 0 aromatic rings. The van der Waals surface area contributed by atoms with Crippen molar-refractivity contribution >= 4 is 52.4 Å². The van der Waals surface area contributed by atoms with E-state index in [9.17, 15) is 0 Å². The molecule has 0 aliphatic rings. The van der Waals surface area contributed by atoms with E-state index in [2.05, 4.69) is 0 Å². The Balaban J connectivity index is 0. The van der Waals surface area contributed by atoms with Crippen molar-refractivity contribution in [2.75, 3.05) is 0 Å². The summed E-state index contributed by atoms with van der Waals surface area (Å²) in [5.41, 5.74) is 0. The second-order valence-electron chi connectivity index (χ2n) is 0. The van der Waals surface area contributed by atoms with Crippen LogP contribution >= 0.6 is 0 Å². The Bertz CT molecular complexity index is 10.9. The quantitative estimate of drug-likeness (QED) is 0.278. The van der Waals surface area contributed by atoms with E-state index in [1.807, 2.05) is 0 Å². The molecule has 0 spiro atoms. The van der Waals surface area contributed by atoms with Crippen LogP contribution in [0.15, 0.2) is 0 Å². The van der Waals surface area contributed by atoms with Gasteiger partial charge in [-0.3, -0.25) is 0 Å². The van der Waals surface area contributed by atoms with Crippen LogP contribution in [0.25, 0.3) is 0 Å². The van der Waals surface area contributed by atoms with Gasteiger partial charge in [-0.15, -0.1) is 0 Å². The average Bonchev–Trinajstić information content (AvgIpc) is 0. The van der Waals surface area contributed by atoms with Gasteiger partial charge in [0.1, 0.15) is 0 Å². The Labute approximate surface area is 109 Å². The van der Waals surface area contributed by atoms with Gasteiger partial charge in [0.25, 0.3) is 0 Å². The molecule has 4 radical (unpaired) electrons. The van der Waals surface area contributed by atoms with Gasteiger partial charge in [-0.1, -0.05) is 0 Å². The summed E-state index contributed by atoms with van der Waals surface area (Å²) >= 11 is 0. The summed E-state index contributed by atoms with van der Waals surface area (Å²) in [5.74, 6) is 0. The Morgan fingerprint density at radius 1 is 0.429 bits per heavy atom. The first-order valence-electron chi connectivity index (χ1n) is 0. The molecule has 0 aromatic carbocycles. The standard InChI is InChI=1S/2Bi.3O.2W/q2*+3;3*-2;;. The molecule has 0 atom stereocenters. The van der Waals surface area contributed by atoms with Gasteiger partial charge in [0.15, 0.2) is 0 Å². The molecule has 0 heterocycles. The molecule has 0 fully saturated rings. The average molecular weight is 834 g/mol. The smallest absolute Gasteiger partial charge is 2.00 e. The first-order chi connectivity index (χ1) is 0. The van der Waals surface area contributed by atoms with Crippen molar-refractivity contribution in [2.45, 2.75) is 0 Å². The van der Waals surface area contributed by atoms with E-state index in [0.717, 1.165) is 0 Å². The molecule has 7 heavy (non-hydrogen) atoms. The maximum absolute atomic E-state index is 0. The van der Waals surface area contributed by atoms with E-state index in [4.69, 9.17) is 0 Å². The molecular formula is Bi2O3W2. The van der Waals surface area contributed by atoms with E-state index in [0.29, 0.717) is 0 Å². The third-order valence-corrected chi connectivity index (χ3v) is 0. The molecular weight excluding hydrogens is 834 g/mol. The zero-order valence-corrected chi connectivity index (χ0v) is 15.8. The van der Waals surface area contributed by atoms with Gasteiger partial charge < -0.3 is 16.4 Å². The largest absolute Gasteiger partial charge is 3.00 e. The summed E-state index contributed by atoms with van der Waals surface area (Å²) in [4.78, 5) is 0. The minimum absolute atomic E-state index is 0. The summed E-state index contributed by atoms with van der Waals surface area (Å²) in [6.45, 7) is 0. The summed E-state index contributed by atoms with van der Waals surface area (Å²) in [7, 11) is 0. The molecule has 7 heteroatoms. The van der Waals surface area contributed by atoms with Gasteiger partial charge >= 0.3 is 52.4 Å². The predicted octanol–water partition coefficient (Wildman–Crippen LogP) is -1.12. The SMILES string of the molecule is [Bi+3].[Bi+3].[O-2].[O-2].[O-2].[W].[W]. The molecule has 0 N–H and O–H groups in total. The Kier molecular flexibility index (Phi) is 811. The predicted molar refractivity (Wildman–Crippen MR) is 13.6 cm³/mol. The minimum Gasteiger partial charge on any atom is -2.00 e. The van der Waals surface area contributed by atoms with Crippen LogP contribution in [0.3, 0.4) is 0 Å². The number of hydrogen-bond donors (Lipinski definition) is 0. The summed E-state index contributed by atoms with van der Waals surface area (Å²) < 4.78 is 0. The Hall–Kier alpha value is 3.02. The summed E-state index contributed by atoms with van der Waals surface area (Å²) in [5, 5.41) is 0. The summed E-state index contributed by atoms with van der Waals surface area (Å²) in [6, 6.07) is 0. The maximum atomic E-state index is 0. The molecule has 40 valence electrons. The van der Waals surface area contributed by atoms with Crippen molar-refractivity contribution < 1.29 is 58.6 Å². The first kappa shape index (κ1) is 89.3. The minimum atomic E-state index is 0. The van der Waals surface area contributed by atoms with E-state index in [1.54, 1.807) is 0 Å². The van der Waals surface area contributed by atoms with Crippen molar-refractivity contribution in [3.05, 3.63) is 0 Å². The molecule has 0 bridgehead atoms. The normalized spacial score (nSPS) is 0. The monoisotopic (exact) mass is 834 g/mol. The van der Waals surface area contributed by atoms with Crippen LogP contribution in [-0.2, 0) is 58.6 Å². The molecule has 0 aromatic heterocycles. The van der Waals surface area contributed by atoms with E-state index in [-0.39, 0.29) is 111 Å². The fraction of sp³-hybridized carbons (Fsp3) is 0. The van der Waals surface area contributed by atoms with Crippen LogP contribution in [0, 0.1) is 0 Å². The molecule has 0 rings (SSSR count). The number of rotatable bonds is 0. The van der Waals surface area contributed by atoms with Gasteiger partial charge in [-0.2, -0.15) is 0 Å². The molecule has 0 unspecified atom stereocenters. The topological polar surface area (TPSA) is 85.5 Å². The number of hydrogen-bond acceptors (Lipinski definition) is 0. The zero-order chi connectivity index (χ0) is 0. The van der Waals surface area contributed by atoms with Crippen molar-refractivity contribution in [1.82, 2.24) is 0 Å². The van der Waals surface area contributed by atoms with Crippen molar-refractivity contribution in [2.24, 2.45) is 0 Å². The zero-order valence-electron chi connectivity index (χ0n) is 2.94. The van der Waals surface area contributed by atoms with E-state index < -0.39 is 0 Å². The fourth-order valence-corrected chi connectivity index (χ4v) is 0. The van der Waals surface area contributed by atoms with Crippen LogP contribution in [0.4, 0.5) is 0 Å². The fourth-order valence-electron chi connectivity index (χ4n) is 0. The third-order valence-electron chi connectivity index (χ3n) is 0. The van der Waals surface area contributed by atoms with E-state index in [1.165, 1.54) is 0 Å². The molecule has 0 saturated carbocycles. The van der Waals surface area contributed by atoms with Gasteiger partial charge in [0.05, 0.1) is 0 Å². The van der Waals surface area contributed by atoms with Crippen molar-refractivity contribution in [3.8, 4) is 0 Å². The Morgan fingerprint density at radius 3 is 0.429 bits per heavy atom. The molecule has 3 nitrogen and oxygen atoms in total. The van der Waals surface area contributed by atoms with Gasteiger partial charge in [0.2, 0.25) is 0 Å².